The van der Waals surface area contributed by atoms with Crippen molar-refractivity contribution in [1.82, 2.24) is 5.32 Å². The lowest BCUT2D eigenvalue weighted by Crippen LogP contribution is -2.51. The Labute approximate surface area is 128 Å². The SMILES string of the molecule is CNCc1cc2c(cc1Cl)N(C(C)C)C(C)(C)CC2C. The van der Waals surface area contributed by atoms with Crippen LogP contribution in [0.5, 0.6) is 0 Å². The van der Waals surface area contributed by atoms with Crippen LogP contribution < -0.4 is 10.2 Å². The van der Waals surface area contributed by atoms with Gasteiger partial charge in [-0.25, -0.2) is 0 Å². The van der Waals surface area contributed by atoms with Crippen LogP contribution in [0.2, 0.25) is 5.02 Å². The first-order valence-electron chi connectivity index (χ1n) is 7.54. The number of halogens is 1. The highest BCUT2D eigenvalue weighted by molar-refractivity contribution is 6.31. The van der Waals surface area contributed by atoms with Crippen molar-refractivity contribution >= 4 is 17.3 Å². The quantitative estimate of drug-likeness (QED) is 0.879. The molecule has 0 aliphatic carbocycles. The first-order valence-corrected chi connectivity index (χ1v) is 7.92. The lowest BCUT2D eigenvalue weighted by atomic mass is 9.79. The average molecular weight is 295 g/mol. The molecule has 1 atom stereocenters. The summed E-state index contributed by atoms with van der Waals surface area (Å²) in [7, 11) is 1.96. The van der Waals surface area contributed by atoms with Crippen LogP contribution in [-0.4, -0.2) is 18.6 Å². The first-order chi connectivity index (χ1) is 9.27. The summed E-state index contributed by atoms with van der Waals surface area (Å²) in [6.07, 6.45) is 1.18. The highest BCUT2D eigenvalue weighted by Crippen LogP contribution is 2.46. The predicted octanol–water partition coefficient (Wildman–Crippen LogP) is 4.56. The van der Waals surface area contributed by atoms with E-state index in [4.69, 9.17) is 11.6 Å². The number of rotatable bonds is 3. The molecule has 0 saturated carbocycles. The molecule has 1 aliphatic heterocycles. The smallest absolute Gasteiger partial charge is 0.0471 e. The largest absolute Gasteiger partial charge is 0.364 e. The van der Waals surface area contributed by atoms with E-state index in [1.807, 2.05) is 7.05 Å². The summed E-state index contributed by atoms with van der Waals surface area (Å²) in [6.45, 7) is 12.3. The van der Waals surface area contributed by atoms with Gasteiger partial charge in [0.25, 0.3) is 0 Å². The van der Waals surface area contributed by atoms with Crippen LogP contribution in [0.4, 0.5) is 5.69 Å². The fourth-order valence-electron chi connectivity index (χ4n) is 3.82. The summed E-state index contributed by atoms with van der Waals surface area (Å²) < 4.78 is 0. The Hall–Kier alpha value is -0.730. The van der Waals surface area contributed by atoms with Crippen LogP contribution in [0.15, 0.2) is 12.1 Å². The molecule has 2 rings (SSSR count). The molecule has 0 fully saturated rings. The minimum Gasteiger partial charge on any atom is -0.364 e. The number of hydrogen-bond donors (Lipinski definition) is 1. The van der Waals surface area contributed by atoms with Crippen molar-refractivity contribution < 1.29 is 0 Å². The van der Waals surface area contributed by atoms with Gasteiger partial charge in [-0.05, 0) is 64.3 Å². The number of benzene rings is 1. The molecule has 1 unspecified atom stereocenters. The van der Waals surface area contributed by atoms with Crippen molar-refractivity contribution in [3.63, 3.8) is 0 Å². The molecule has 0 aromatic heterocycles. The normalized spacial score (nSPS) is 21.2. The monoisotopic (exact) mass is 294 g/mol. The van der Waals surface area contributed by atoms with E-state index in [0.717, 1.165) is 11.6 Å². The average Bonchev–Trinajstić information content (AvgIpc) is 2.29. The Balaban J connectivity index is 2.57. The summed E-state index contributed by atoms with van der Waals surface area (Å²) in [5.74, 6) is 0.572. The number of anilines is 1. The van der Waals surface area contributed by atoms with Crippen molar-refractivity contribution in [2.45, 2.75) is 65.1 Å². The summed E-state index contributed by atoms with van der Waals surface area (Å²) in [6, 6.07) is 4.94. The Bertz CT molecular complexity index is 494. The van der Waals surface area contributed by atoms with E-state index in [1.54, 1.807) is 0 Å². The highest BCUT2D eigenvalue weighted by atomic mass is 35.5. The number of fused-ring (bicyclic) bond motifs is 1. The molecule has 0 bridgehead atoms. The van der Waals surface area contributed by atoms with E-state index < -0.39 is 0 Å². The molecule has 0 radical (unpaired) electrons. The van der Waals surface area contributed by atoms with Gasteiger partial charge in [-0.1, -0.05) is 24.6 Å². The molecule has 2 nitrogen and oxygen atoms in total. The fraction of sp³-hybridized carbons (Fsp3) is 0.647. The molecule has 1 heterocycles. The van der Waals surface area contributed by atoms with Crippen LogP contribution in [0.25, 0.3) is 0 Å². The number of nitrogens with zero attached hydrogens (tertiary/aromatic N) is 1. The molecule has 1 aliphatic rings. The maximum atomic E-state index is 6.48. The molecular formula is C17H27ClN2. The van der Waals surface area contributed by atoms with Crippen LogP contribution in [0.1, 0.15) is 58.1 Å². The second-order valence-electron chi connectivity index (χ2n) is 6.91. The van der Waals surface area contributed by atoms with Crippen molar-refractivity contribution in [2.75, 3.05) is 11.9 Å². The van der Waals surface area contributed by atoms with E-state index >= 15 is 0 Å². The topological polar surface area (TPSA) is 15.3 Å². The van der Waals surface area contributed by atoms with Crippen LogP contribution in [0.3, 0.4) is 0 Å². The third-order valence-electron chi connectivity index (χ3n) is 4.33. The second kappa shape index (κ2) is 5.57. The summed E-state index contributed by atoms with van der Waals surface area (Å²) in [4.78, 5) is 2.53. The maximum absolute atomic E-state index is 6.48. The summed E-state index contributed by atoms with van der Waals surface area (Å²) >= 11 is 6.48. The van der Waals surface area contributed by atoms with Gasteiger partial charge in [-0.3, -0.25) is 0 Å². The molecule has 0 saturated heterocycles. The Morgan fingerprint density at radius 3 is 2.60 bits per heavy atom. The van der Waals surface area contributed by atoms with Gasteiger partial charge in [0.15, 0.2) is 0 Å². The molecule has 1 aromatic rings. The number of nitrogens with one attached hydrogen (secondary N) is 1. The molecule has 0 spiro atoms. The van der Waals surface area contributed by atoms with Crippen molar-refractivity contribution in [2.24, 2.45) is 0 Å². The zero-order valence-electron chi connectivity index (χ0n) is 13.5. The van der Waals surface area contributed by atoms with E-state index in [2.05, 4.69) is 57.0 Å². The van der Waals surface area contributed by atoms with E-state index in [-0.39, 0.29) is 5.54 Å². The van der Waals surface area contributed by atoms with Crippen LogP contribution >= 0.6 is 11.6 Å². The summed E-state index contributed by atoms with van der Waals surface area (Å²) in [5, 5.41) is 4.07. The molecule has 3 heteroatoms. The second-order valence-corrected chi connectivity index (χ2v) is 7.32. The van der Waals surface area contributed by atoms with E-state index in [9.17, 15) is 0 Å². The van der Waals surface area contributed by atoms with Gasteiger partial charge < -0.3 is 10.2 Å². The standard InChI is InChI=1S/C17H27ClN2/c1-11(2)20-16-8-15(18)13(10-19-6)7-14(16)12(3)9-17(20,4)5/h7-8,11-12,19H,9-10H2,1-6H3. The Morgan fingerprint density at radius 2 is 2.05 bits per heavy atom. The summed E-state index contributed by atoms with van der Waals surface area (Å²) in [5.41, 5.74) is 4.12. The maximum Gasteiger partial charge on any atom is 0.0471 e. The predicted molar refractivity (Wildman–Crippen MR) is 88.9 cm³/mol. The van der Waals surface area contributed by atoms with E-state index in [0.29, 0.717) is 12.0 Å². The highest BCUT2D eigenvalue weighted by Gasteiger charge is 2.37. The van der Waals surface area contributed by atoms with Crippen molar-refractivity contribution in [3.05, 3.63) is 28.3 Å². The molecule has 20 heavy (non-hydrogen) atoms. The molecule has 1 aromatic carbocycles. The van der Waals surface area contributed by atoms with Gasteiger partial charge in [0, 0.05) is 28.8 Å². The van der Waals surface area contributed by atoms with Gasteiger partial charge in [-0.15, -0.1) is 0 Å². The zero-order valence-corrected chi connectivity index (χ0v) is 14.3. The van der Waals surface area contributed by atoms with Crippen molar-refractivity contribution in [3.8, 4) is 0 Å². The minimum absolute atomic E-state index is 0.175. The third kappa shape index (κ3) is 2.68. The van der Waals surface area contributed by atoms with Gasteiger partial charge >= 0.3 is 0 Å². The lowest BCUT2D eigenvalue weighted by molar-refractivity contribution is 0.356. The Morgan fingerprint density at radius 1 is 1.40 bits per heavy atom. The van der Waals surface area contributed by atoms with Gasteiger partial charge in [-0.2, -0.15) is 0 Å². The molecule has 112 valence electrons. The Kier molecular flexibility index (Phi) is 4.36. The molecular weight excluding hydrogens is 268 g/mol. The van der Waals surface area contributed by atoms with Gasteiger partial charge in [0.1, 0.15) is 0 Å². The third-order valence-corrected chi connectivity index (χ3v) is 4.68. The lowest BCUT2D eigenvalue weighted by Gasteiger charge is -2.50. The fourth-order valence-corrected chi connectivity index (χ4v) is 4.04. The zero-order chi connectivity index (χ0) is 15.1. The van der Waals surface area contributed by atoms with Gasteiger partial charge in [0.2, 0.25) is 0 Å². The number of hydrogen-bond acceptors (Lipinski definition) is 2. The first kappa shape index (κ1) is 15.7. The van der Waals surface area contributed by atoms with Crippen LogP contribution in [-0.2, 0) is 6.54 Å². The minimum atomic E-state index is 0.175. The van der Waals surface area contributed by atoms with Crippen molar-refractivity contribution in [1.29, 1.82) is 0 Å². The van der Waals surface area contributed by atoms with Gasteiger partial charge in [0.05, 0.1) is 0 Å². The van der Waals surface area contributed by atoms with E-state index in [1.165, 1.54) is 23.2 Å². The molecule has 0 amide bonds. The van der Waals surface area contributed by atoms with Crippen LogP contribution in [0, 0.1) is 0 Å². The molecule has 1 N–H and O–H groups in total.